The predicted molar refractivity (Wildman–Crippen MR) is 143 cm³/mol. The van der Waals surface area contributed by atoms with Crippen LogP contribution in [0, 0.1) is 6.92 Å². The Kier molecular flexibility index (Phi) is 5.18. The van der Waals surface area contributed by atoms with Crippen molar-refractivity contribution in [1.82, 2.24) is 9.97 Å². The van der Waals surface area contributed by atoms with Gasteiger partial charge >= 0.3 is 0 Å². The molecule has 35 heavy (non-hydrogen) atoms. The minimum absolute atomic E-state index is 0.724. The van der Waals surface area contributed by atoms with Crippen molar-refractivity contribution in [2.45, 2.75) is 20.8 Å². The molecule has 1 aromatic heterocycles. The van der Waals surface area contributed by atoms with Crippen molar-refractivity contribution in [2.24, 2.45) is 4.99 Å². The number of para-hydroxylation sites is 1. The van der Waals surface area contributed by atoms with Crippen LogP contribution >= 0.6 is 0 Å². The molecule has 0 saturated heterocycles. The van der Waals surface area contributed by atoms with Gasteiger partial charge in [-0.15, -0.1) is 0 Å². The zero-order valence-electron chi connectivity index (χ0n) is 20.1. The first-order valence-corrected chi connectivity index (χ1v) is 12.1. The summed E-state index contributed by atoms with van der Waals surface area (Å²) in [4.78, 5) is 17.1. The van der Waals surface area contributed by atoms with Crippen LogP contribution in [0.4, 0.5) is 11.4 Å². The standard InChI is InChI=1S/C30H26N4O/c1-4-34(5-2)20-14-15-25-28(17-20)35-29-18-27(21-10-6-7-11-22(21)30(29)33-25)32-26-16-19(3)31-24-13-9-8-12-23(24)26/h6-18H,4-5H2,1-3H3/b32-27-. The Morgan fingerprint density at radius 1 is 0.771 bits per heavy atom. The zero-order chi connectivity index (χ0) is 23.9. The number of hydrogen-bond donors (Lipinski definition) is 0. The quantitative estimate of drug-likeness (QED) is 0.210. The number of anilines is 1. The minimum atomic E-state index is 0.724. The lowest BCUT2D eigenvalue weighted by Crippen LogP contribution is -2.21. The van der Waals surface area contributed by atoms with E-state index in [1.54, 1.807) is 0 Å². The van der Waals surface area contributed by atoms with Crippen molar-refractivity contribution in [2.75, 3.05) is 18.0 Å². The summed E-state index contributed by atoms with van der Waals surface area (Å²) in [5, 5.41) is 3.95. The monoisotopic (exact) mass is 458 g/mol. The maximum Gasteiger partial charge on any atom is 0.155 e. The van der Waals surface area contributed by atoms with Gasteiger partial charge in [0.15, 0.2) is 11.3 Å². The van der Waals surface area contributed by atoms with Gasteiger partial charge in [0.2, 0.25) is 0 Å². The van der Waals surface area contributed by atoms with Gasteiger partial charge in [0.25, 0.3) is 0 Å². The third kappa shape index (κ3) is 3.69. The average molecular weight is 459 g/mol. The van der Waals surface area contributed by atoms with Gasteiger partial charge in [-0.05, 0) is 45.0 Å². The molecule has 2 heterocycles. The number of aryl methyl sites for hydroxylation is 1. The van der Waals surface area contributed by atoms with Crippen molar-refractivity contribution in [3.05, 3.63) is 89.9 Å². The average Bonchev–Trinajstić information content (AvgIpc) is 2.88. The zero-order valence-corrected chi connectivity index (χ0v) is 20.1. The third-order valence-electron chi connectivity index (χ3n) is 6.55. The van der Waals surface area contributed by atoms with Gasteiger partial charge in [-0.25, -0.2) is 9.98 Å². The van der Waals surface area contributed by atoms with E-state index in [0.29, 0.717) is 0 Å². The van der Waals surface area contributed by atoms with Gasteiger partial charge in [0, 0.05) is 52.8 Å². The first-order valence-electron chi connectivity index (χ1n) is 12.1. The molecule has 0 bridgehead atoms. The molecule has 3 aromatic carbocycles. The first kappa shape index (κ1) is 21.3. The number of rotatable bonds is 4. The van der Waals surface area contributed by atoms with Crippen molar-refractivity contribution < 1.29 is 4.42 Å². The molecule has 0 atom stereocenters. The fourth-order valence-electron chi connectivity index (χ4n) is 4.81. The summed E-state index contributed by atoms with van der Waals surface area (Å²) in [6.07, 6.45) is 0. The molecule has 0 spiro atoms. The normalized spacial score (nSPS) is 12.3. The van der Waals surface area contributed by atoms with E-state index in [9.17, 15) is 0 Å². The summed E-state index contributed by atoms with van der Waals surface area (Å²) in [6, 6.07) is 26.7. The van der Waals surface area contributed by atoms with E-state index in [0.717, 1.165) is 79.7 Å². The van der Waals surface area contributed by atoms with Crippen LogP contribution in [0.25, 0.3) is 44.2 Å². The van der Waals surface area contributed by atoms with Gasteiger partial charge in [-0.2, -0.15) is 0 Å². The van der Waals surface area contributed by atoms with Crippen LogP contribution in [0.1, 0.15) is 19.5 Å². The van der Waals surface area contributed by atoms with Gasteiger partial charge in [-0.1, -0.05) is 42.5 Å². The number of nitrogens with zero attached hydrogens (tertiary/aromatic N) is 4. The van der Waals surface area contributed by atoms with Crippen molar-refractivity contribution in [1.29, 1.82) is 0 Å². The van der Waals surface area contributed by atoms with Crippen LogP contribution in [0.3, 0.4) is 0 Å². The molecule has 0 amide bonds. The molecule has 0 unspecified atom stereocenters. The highest BCUT2D eigenvalue weighted by Crippen LogP contribution is 2.32. The van der Waals surface area contributed by atoms with Crippen molar-refractivity contribution in [3.8, 4) is 11.5 Å². The Hall–Kier alpha value is -4.25. The molecule has 1 aliphatic heterocycles. The Morgan fingerprint density at radius 3 is 2.31 bits per heavy atom. The van der Waals surface area contributed by atoms with Gasteiger partial charge < -0.3 is 9.32 Å². The van der Waals surface area contributed by atoms with Gasteiger partial charge in [0.1, 0.15) is 11.2 Å². The second-order valence-corrected chi connectivity index (χ2v) is 8.74. The molecule has 4 aromatic rings. The molecule has 172 valence electrons. The van der Waals surface area contributed by atoms with E-state index in [4.69, 9.17) is 14.4 Å². The molecule has 0 saturated carbocycles. The van der Waals surface area contributed by atoms with Crippen LogP contribution in [0.2, 0.25) is 0 Å². The molecular weight excluding hydrogens is 432 g/mol. The second kappa shape index (κ2) is 8.51. The summed E-state index contributed by atoms with van der Waals surface area (Å²) in [5.74, 6) is 0.724. The van der Waals surface area contributed by atoms with Crippen LogP contribution in [0.15, 0.2) is 88.3 Å². The van der Waals surface area contributed by atoms with Crippen LogP contribution in [0.5, 0.6) is 0 Å². The fourth-order valence-corrected chi connectivity index (χ4v) is 4.81. The van der Waals surface area contributed by atoms with Crippen LogP contribution in [-0.4, -0.2) is 23.1 Å². The fraction of sp³-hybridized carbons (Fsp3) is 0.167. The highest BCUT2D eigenvalue weighted by Gasteiger charge is 2.16. The smallest absolute Gasteiger partial charge is 0.155 e. The van der Waals surface area contributed by atoms with E-state index in [1.165, 1.54) is 0 Å². The van der Waals surface area contributed by atoms with Crippen molar-refractivity contribution >= 4 is 44.1 Å². The first-order chi connectivity index (χ1) is 17.1. The maximum absolute atomic E-state index is 6.46. The van der Waals surface area contributed by atoms with Gasteiger partial charge in [-0.3, -0.25) is 4.98 Å². The number of pyridine rings is 1. The molecule has 0 radical (unpaired) electrons. The van der Waals surface area contributed by atoms with E-state index < -0.39 is 0 Å². The highest BCUT2D eigenvalue weighted by atomic mass is 16.3. The number of aromatic nitrogens is 2. The lowest BCUT2D eigenvalue weighted by molar-refractivity contribution is 0.613. The topological polar surface area (TPSA) is 54.5 Å². The molecule has 2 aliphatic rings. The number of hydrogen-bond acceptors (Lipinski definition) is 5. The van der Waals surface area contributed by atoms with Crippen LogP contribution in [-0.2, 0) is 0 Å². The largest absolute Gasteiger partial charge is 0.453 e. The van der Waals surface area contributed by atoms with Crippen LogP contribution < -0.4 is 10.3 Å². The number of benzene rings is 4. The third-order valence-corrected chi connectivity index (χ3v) is 6.55. The Bertz CT molecular complexity index is 1750. The van der Waals surface area contributed by atoms with E-state index in [-0.39, 0.29) is 0 Å². The molecule has 0 N–H and O–H groups in total. The van der Waals surface area contributed by atoms with E-state index in [2.05, 4.69) is 54.1 Å². The SMILES string of the molecule is CCN(CC)c1ccc2nc3c4ccccc4/c(=N\c4cc(C)nc5ccccc45)cc-3oc2c1. The molecule has 6 rings (SSSR count). The second-order valence-electron chi connectivity index (χ2n) is 8.74. The lowest BCUT2D eigenvalue weighted by atomic mass is 10.0. The van der Waals surface area contributed by atoms with E-state index >= 15 is 0 Å². The number of fused-ring (bicyclic) bond motifs is 5. The molecule has 5 heteroatoms. The van der Waals surface area contributed by atoms with Gasteiger partial charge in [0.05, 0.1) is 16.6 Å². The van der Waals surface area contributed by atoms with E-state index in [1.807, 2.05) is 55.5 Å². The van der Waals surface area contributed by atoms with Crippen molar-refractivity contribution in [3.63, 3.8) is 0 Å². The molecular formula is C30H26N4O. The summed E-state index contributed by atoms with van der Waals surface area (Å²) in [7, 11) is 0. The summed E-state index contributed by atoms with van der Waals surface area (Å²) in [5.41, 5.74) is 6.38. The lowest BCUT2D eigenvalue weighted by Gasteiger charge is -2.21. The molecule has 5 nitrogen and oxygen atoms in total. The summed E-state index contributed by atoms with van der Waals surface area (Å²) in [6.45, 7) is 8.20. The summed E-state index contributed by atoms with van der Waals surface area (Å²) < 4.78 is 6.46. The highest BCUT2D eigenvalue weighted by molar-refractivity contribution is 5.97. The minimum Gasteiger partial charge on any atom is -0.453 e. The summed E-state index contributed by atoms with van der Waals surface area (Å²) >= 11 is 0. The molecule has 1 aliphatic carbocycles. The Balaban J connectivity index is 1.65. The Labute approximate surface area is 203 Å². The molecule has 0 fully saturated rings. The Morgan fingerprint density at radius 2 is 1.51 bits per heavy atom. The maximum atomic E-state index is 6.46. The predicted octanol–water partition coefficient (Wildman–Crippen LogP) is 7.02.